The number of phosphoric ester groups is 1. The fraction of sp³-hybridized carbons (Fsp3) is 0.733. The molecule has 0 amide bonds. The lowest BCUT2D eigenvalue weighted by Gasteiger charge is -2.19. The summed E-state index contributed by atoms with van der Waals surface area (Å²) in [6.07, 6.45) is 48.2. The van der Waals surface area contributed by atoms with Gasteiger partial charge in [-0.15, -0.1) is 0 Å². The number of unbranched alkanes of at least 4 members (excludes halogenated alkanes) is 17. The number of allylic oxidation sites excluding steroid dienone is 10. The zero-order valence-corrected chi connectivity index (χ0v) is 35.8. The molecule has 0 bridgehead atoms. The standard InChI is InChI=1S/C45H80NO8P/c1-3-5-7-9-11-13-15-17-19-21-23-25-27-29-31-33-35-37-44(47)51-41-43(42-53-55(49,50)52-40-39-46)54-45(48)38-36-34-32-30-28-26-24-22-20-18-16-14-12-10-8-6-4-2/h5,7,11,13,17-20,23,25,43H,3-4,6,8-10,12,14-16,21-22,24,26-42,46H2,1-2H3,(H,49,50)/b7-5-,13-11-,19-17-,20-18-,25-23-/t43-/m1/s1. The zero-order valence-electron chi connectivity index (χ0n) is 34.9. The summed E-state index contributed by atoms with van der Waals surface area (Å²) in [7, 11) is -4.39. The summed E-state index contributed by atoms with van der Waals surface area (Å²) in [5.74, 6) is -0.864. The molecule has 0 saturated heterocycles. The molecule has 0 rings (SSSR count). The molecule has 318 valence electrons. The van der Waals surface area contributed by atoms with Gasteiger partial charge in [-0.3, -0.25) is 18.6 Å². The minimum absolute atomic E-state index is 0.0467. The number of rotatable bonds is 40. The number of esters is 2. The van der Waals surface area contributed by atoms with Gasteiger partial charge >= 0.3 is 19.8 Å². The van der Waals surface area contributed by atoms with Crippen molar-refractivity contribution in [2.75, 3.05) is 26.4 Å². The Bertz CT molecular complexity index is 1090. The Labute approximate surface area is 336 Å². The molecule has 0 heterocycles. The van der Waals surface area contributed by atoms with E-state index in [4.69, 9.17) is 24.3 Å². The van der Waals surface area contributed by atoms with Gasteiger partial charge in [-0.2, -0.15) is 0 Å². The first-order valence-corrected chi connectivity index (χ1v) is 23.3. The first-order chi connectivity index (χ1) is 26.8. The fourth-order valence-electron chi connectivity index (χ4n) is 5.68. The number of phosphoric acid groups is 1. The van der Waals surface area contributed by atoms with E-state index in [-0.39, 0.29) is 32.6 Å². The molecule has 55 heavy (non-hydrogen) atoms. The molecule has 2 atom stereocenters. The molecule has 0 radical (unpaired) electrons. The van der Waals surface area contributed by atoms with Gasteiger partial charge in [0.2, 0.25) is 0 Å². The molecule has 10 heteroatoms. The number of carbonyl (C=O) groups is 2. The second kappa shape index (κ2) is 41.3. The highest BCUT2D eigenvalue weighted by Crippen LogP contribution is 2.43. The smallest absolute Gasteiger partial charge is 0.462 e. The second-order valence-electron chi connectivity index (χ2n) is 14.2. The molecule has 0 spiro atoms. The summed E-state index contributed by atoms with van der Waals surface area (Å²) >= 11 is 0. The first-order valence-electron chi connectivity index (χ1n) is 21.8. The molecule has 0 aromatic rings. The molecule has 9 nitrogen and oxygen atoms in total. The van der Waals surface area contributed by atoms with Gasteiger partial charge in [0.25, 0.3) is 0 Å². The average molecular weight is 794 g/mol. The van der Waals surface area contributed by atoms with Crippen LogP contribution in [-0.4, -0.2) is 49.3 Å². The largest absolute Gasteiger partial charge is 0.472 e. The van der Waals surface area contributed by atoms with Crippen LogP contribution in [0.3, 0.4) is 0 Å². The van der Waals surface area contributed by atoms with Gasteiger partial charge in [0.1, 0.15) is 6.61 Å². The molecular formula is C45H80NO8P. The molecule has 0 aromatic carbocycles. The fourth-order valence-corrected chi connectivity index (χ4v) is 6.44. The van der Waals surface area contributed by atoms with E-state index >= 15 is 0 Å². The van der Waals surface area contributed by atoms with Crippen LogP contribution >= 0.6 is 7.82 Å². The molecule has 0 aliphatic rings. The lowest BCUT2D eigenvalue weighted by molar-refractivity contribution is -0.161. The van der Waals surface area contributed by atoms with Crippen LogP contribution < -0.4 is 5.73 Å². The minimum atomic E-state index is -4.39. The van der Waals surface area contributed by atoms with Gasteiger partial charge in [-0.1, -0.05) is 152 Å². The summed E-state index contributed by atoms with van der Waals surface area (Å²) in [6, 6.07) is 0. The Kier molecular flexibility index (Phi) is 39.6. The maximum Gasteiger partial charge on any atom is 0.472 e. The monoisotopic (exact) mass is 794 g/mol. The number of hydrogen-bond donors (Lipinski definition) is 2. The van der Waals surface area contributed by atoms with Crippen molar-refractivity contribution in [3.05, 3.63) is 60.8 Å². The maximum atomic E-state index is 12.6. The Morgan fingerprint density at radius 3 is 1.51 bits per heavy atom. The van der Waals surface area contributed by atoms with E-state index < -0.39 is 32.5 Å². The highest BCUT2D eigenvalue weighted by Gasteiger charge is 2.26. The zero-order chi connectivity index (χ0) is 40.3. The van der Waals surface area contributed by atoms with E-state index in [9.17, 15) is 19.0 Å². The number of nitrogens with two attached hydrogens (primary N) is 1. The third-order valence-electron chi connectivity index (χ3n) is 8.89. The van der Waals surface area contributed by atoms with Crippen LogP contribution in [0, 0.1) is 0 Å². The summed E-state index contributed by atoms with van der Waals surface area (Å²) in [5, 5.41) is 0. The van der Waals surface area contributed by atoms with E-state index in [1.165, 1.54) is 64.2 Å². The van der Waals surface area contributed by atoms with Crippen molar-refractivity contribution in [2.24, 2.45) is 5.73 Å². The lowest BCUT2D eigenvalue weighted by Crippen LogP contribution is -2.29. The van der Waals surface area contributed by atoms with Crippen LogP contribution in [0.2, 0.25) is 0 Å². The maximum absolute atomic E-state index is 12.6. The number of ether oxygens (including phenoxy) is 2. The van der Waals surface area contributed by atoms with Crippen LogP contribution in [0.5, 0.6) is 0 Å². The average Bonchev–Trinajstić information content (AvgIpc) is 3.17. The molecule has 0 aromatic heterocycles. The van der Waals surface area contributed by atoms with Crippen LogP contribution in [0.4, 0.5) is 0 Å². The summed E-state index contributed by atoms with van der Waals surface area (Å²) < 4.78 is 32.8. The van der Waals surface area contributed by atoms with Gasteiger partial charge in [-0.25, -0.2) is 4.57 Å². The van der Waals surface area contributed by atoms with Crippen molar-refractivity contribution in [2.45, 2.75) is 187 Å². The van der Waals surface area contributed by atoms with Gasteiger partial charge < -0.3 is 20.1 Å². The minimum Gasteiger partial charge on any atom is -0.462 e. The van der Waals surface area contributed by atoms with Gasteiger partial charge in [-0.05, 0) is 77.0 Å². The normalized spacial score (nSPS) is 13.9. The van der Waals surface area contributed by atoms with Crippen molar-refractivity contribution in [3.63, 3.8) is 0 Å². The molecule has 0 aliphatic heterocycles. The Morgan fingerprint density at radius 1 is 0.564 bits per heavy atom. The molecule has 0 saturated carbocycles. The van der Waals surface area contributed by atoms with Crippen LogP contribution in [0.1, 0.15) is 181 Å². The molecule has 0 fully saturated rings. The van der Waals surface area contributed by atoms with E-state index in [1.807, 2.05) is 0 Å². The van der Waals surface area contributed by atoms with E-state index in [0.717, 1.165) is 77.0 Å². The van der Waals surface area contributed by atoms with Crippen molar-refractivity contribution in [1.29, 1.82) is 0 Å². The predicted octanol–water partition coefficient (Wildman–Crippen LogP) is 12.5. The Balaban J connectivity index is 4.21. The highest BCUT2D eigenvalue weighted by atomic mass is 31.2. The van der Waals surface area contributed by atoms with E-state index in [0.29, 0.717) is 12.8 Å². The SMILES string of the molecule is CC/C=C\C/C=C\C/C=C\C/C=C\CCCCCCC(=O)OC[C@H](COP(=O)(O)OCCN)OC(=O)CCCCCCCCC/C=C\CCCCCCCC. The molecule has 0 aliphatic carbocycles. The summed E-state index contributed by atoms with van der Waals surface area (Å²) in [6.45, 7) is 3.58. The van der Waals surface area contributed by atoms with Crippen LogP contribution in [0.15, 0.2) is 60.8 Å². The molecule has 1 unspecified atom stereocenters. The highest BCUT2D eigenvalue weighted by molar-refractivity contribution is 7.47. The Morgan fingerprint density at radius 2 is 1.00 bits per heavy atom. The molecular weight excluding hydrogens is 713 g/mol. The summed E-state index contributed by atoms with van der Waals surface area (Å²) in [5.41, 5.74) is 5.35. The predicted molar refractivity (Wildman–Crippen MR) is 229 cm³/mol. The van der Waals surface area contributed by atoms with E-state index in [1.54, 1.807) is 0 Å². The summed E-state index contributed by atoms with van der Waals surface area (Å²) in [4.78, 5) is 34.9. The van der Waals surface area contributed by atoms with Gasteiger partial charge in [0, 0.05) is 19.4 Å². The second-order valence-corrected chi connectivity index (χ2v) is 15.6. The first kappa shape index (κ1) is 52.7. The van der Waals surface area contributed by atoms with Crippen molar-refractivity contribution >= 4 is 19.8 Å². The van der Waals surface area contributed by atoms with Crippen LogP contribution in [0.25, 0.3) is 0 Å². The number of carbonyl (C=O) groups excluding carboxylic acids is 2. The lowest BCUT2D eigenvalue weighted by atomic mass is 10.1. The van der Waals surface area contributed by atoms with Gasteiger partial charge in [0.15, 0.2) is 6.10 Å². The van der Waals surface area contributed by atoms with Crippen molar-refractivity contribution in [1.82, 2.24) is 0 Å². The van der Waals surface area contributed by atoms with Crippen molar-refractivity contribution < 1.29 is 37.6 Å². The third-order valence-corrected chi connectivity index (χ3v) is 9.87. The van der Waals surface area contributed by atoms with E-state index in [2.05, 4.69) is 74.6 Å². The topological polar surface area (TPSA) is 134 Å². The number of hydrogen-bond acceptors (Lipinski definition) is 8. The molecule has 3 N–H and O–H groups in total. The van der Waals surface area contributed by atoms with Gasteiger partial charge in [0.05, 0.1) is 13.2 Å². The van der Waals surface area contributed by atoms with Crippen LogP contribution in [-0.2, 0) is 32.7 Å². The third kappa shape index (κ3) is 41.2. The quantitative estimate of drug-likeness (QED) is 0.0269. The Hall–Kier alpha value is -2.29. The van der Waals surface area contributed by atoms with Crippen molar-refractivity contribution in [3.8, 4) is 0 Å².